The summed E-state index contributed by atoms with van der Waals surface area (Å²) in [6.45, 7) is 0.0600. The topological polar surface area (TPSA) is 105 Å². The summed E-state index contributed by atoms with van der Waals surface area (Å²) in [5.74, 6) is -0.569. The molecule has 0 aliphatic carbocycles. The summed E-state index contributed by atoms with van der Waals surface area (Å²) < 4.78 is 0. The first-order valence-electron chi connectivity index (χ1n) is 5.84. The lowest BCUT2D eigenvalue weighted by Gasteiger charge is -2.07. The fourth-order valence-electron chi connectivity index (χ4n) is 1.63. The van der Waals surface area contributed by atoms with E-state index in [2.05, 4.69) is 10.3 Å². The first-order chi connectivity index (χ1) is 9.99. The number of aromatic nitrogens is 1. The quantitative estimate of drug-likeness (QED) is 0.512. The van der Waals surface area contributed by atoms with Crippen LogP contribution in [0.25, 0.3) is 0 Å². The molecule has 0 aliphatic rings. The van der Waals surface area contributed by atoms with E-state index in [0.717, 1.165) is 12.3 Å². The first-order valence-corrected chi connectivity index (χ1v) is 6.22. The van der Waals surface area contributed by atoms with E-state index in [0.29, 0.717) is 5.56 Å². The van der Waals surface area contributed by atoms with Crippen LogP contribution < -0.4 is 5.32 Å². The summed E-state index contributed by atoms with van der Waals surface area (Å²) in [5.41, 5.74) is 0.0914. The lowest BCUT2D eigenvalue weighted by Crippen LogP contribution is -2.23. The average molecular weight is 308 g/mol. The highest BCUT2D eigenvalue weighted by Crippen LogP contribution is 2.20. The van der Waals surface area contributed by atoms with Crippen LogP contribution in [0.3, 0.4) is 0 Å². The Hall–Kier alpha value is -2.67. The van der Waals surface area contributed by atoms with Gasteiger partial charge in [-0.2, -0.15) is 0 Å². The molecule has 2 N–H and O–H groups in total. The zero-order valence-corrected chi connectivity index (χ0v) is 11.4. The Balaban J connectivity index is 2.15. The lowest BCUT2D eigenvalue weighted by atomic mass is 10.2. The maximum absolute atomic E-state index is 12.0. The molecule has 0 atom stereocenters. The van der Waals surface area contributed by atoms with Gasteiger partial charge in [0, 0.05) is 18.2 Å². The highest BCUT2D eigenvalue weighted by Gasteiger charge is 2.17. The summed E-state index contributed by atoms with van der Waals surface area (Å²) in [4.78, 5) is 25.6. The Morgan fingerprint density at radius 2 is 2.14 bits per heavy atom. The molecule has 21 heavy (non-hydrogen) atoms. The van der Waals surface area contributed by atoms with Crippen molar-refractivity contribution in [2.24, 2.45) is 0 Å². The van der Waals surface area contributed by atoms with Gasteiger partial charge >= 0.3 is 0 Å². The van der Waals surface area contributed by atoms with Crippen LogP contribution in [0, 0.1) is 10.1 Å². The monoisotopic (exact) mass is 307 g/mol. The third-order valence-corrected chi connectivity index (χ3v) is 3.01. The second kappa shape index (κ2) is 6.19. The molecule has 1 aromatic carbocycles. The molecule has 0 bridgehead atoms. The number of para-hydroxylation sites is 1. The molecule has 8 heteroatoms. The van der Waals surface area contributed by atoms with E-state index in [-0.39, 0.29) is 28.7 Å². The van der Waals surface area contributed by atoms with Crippen molar-refractivity contribution in [1.29, 1.82) is 0 Å². The first kappa shape index (κ1) is 14.7. The number of hydrogen-bond donors (Lipinski definition) is 2. The van der Waals surface area contributed by atoms with Gasteiger partial charge in [-0.25, -0.2) is 4.98 Å². The van der Waals surface area contributed by atoms with Gasteiger partial charge in [-0.1, -0.05) is 29.8 Å². The minimum atomic E-state index is -0.664. The Kier molecular flexibility index (Phi) is 4.34. The summed E-state index contributed by atoms with van der Waals surface area (Å²) in [6, 6.07) is 7.55. The van der Waals surface area contributed by atoms with Crippen LogP contribution in [0.5, 0.6) is 5.75 Å². The number of rotatable bonds is 4. The third-order valence-electron chi connectivity index (χ3n) is 2.71. The number of nitrogens with zero attached hydrogens (tertiary/aromatic N) is 2. The minimum absolute atomic E-state index is 0.0427. The second-order valence-electron chi connectivity index (χ2n) is 4.10. The molecule has 108 valence electrons. The predicted octanol–water partition coefficient (Wildman–Crippen LogP) is 2.28. The molecular formula is C13H10ClN3O4. The van der Waals surface area contributed by atoms with E-state index in [1.165, 1.54) is 6.07 Å². The zero-order valence-electron chi connectivity index (χ0n) is 10.6. The van der Waals surface area contributed by atoms with Gasteiger partial charge in [-0.3, -0.25) is 14.9 Å². The molecular weight excluding hydrogens is 298 g/mol. The number of phenols is 1. The van der Waals surface area contributed by atoms with Crippen LogP contribution in [-0.2, 0) is 6.54 Å². The molecule has 0 saturated carbocycles. The van der Waals surface area contributed by atoms with Gasteiger partial charge in [0.1, 0.15) is 17.1 Å². The maximum Gasteiger partial charge on any atom is 0.288 e. The summed E-state index contributed by atoms with van der Waals surface area (Å²) in [7, 11) is 0. The number of aromatic hydroxyl groups is 1. The number of phenolic OH excluding ortho intramolecular Hbond substituents is 1. The molecule has 1 aromatic heterocycles. The average Bonchev–Trinajstić information content (AvgIpc) is 2.46. The largest absolute Gasteiger partial charge is 0.508 e. The summed E-state index contributed by atoms with van der Waals surface area (Å²) in [6.07, 6.45) is 0.974. The summed E-state index contributed by atoms with van der Waals surface area (Å²) in [5, 5.41) is 22.6. The summed E-state index contributed by atoms with van der Waals surface area (Å²) >= 11 is 5.76. The van der Waals surface area contributed by atoms with Crippen LogP contribution in [0.1, 0.15) is 15.9 Å². The molecule has 2 aromatic rings. The van der Waals surface area contributed by atoms with Crippen molar-refractivity contribution in [3.63, 3.8) is 0 Å². The highest BCUT2D eigenvalue weighted by molar-refractivity contribution is 6.32. The van der Waals surface area contributed by atoms with Crippen molar-refractivity contribution in [3.05, 3.63) is 62.9 Å². The van der Waals surface area contributed by atoms with Gasteiger partial charge in [0.25, 0.3) is 11.6 Å². The van der Waals surface area contributed by atoms with Crippen molar-refractivity contribution in [2.75, 3.05) is 0 Å². The van der Waals surface area contributed by atoms with E-state index in [1.807, 2.05) is 0 Å². The minimum Gasteiger partial charge on any atom is -0.508 e. The Bertz CT molecular complexity index is 706. The standard InChI is InChI=1S/C13H10ClN3O4/c14-12-10(5-9(7-15-12)17(20)21)13(19)16-6-8-3-1-2-4-11(8)18/h1-5,7,18H,6H2,(H,16,19). The van der Waals surface area contributed by atoms with Gasteiger partial charge in [-0.15, -0.1) is 0 Å². The van der Waals surface area contributed by atoms with Crippen molar-refractivity contribution in [1.82, 2.24) is 10.3 Å². The third kappa shape index (κ3) is 3.46. The van der Waals surface area contributed by atoms with E-state index in [1.54, 1.807) is 18.2 Å². The molecule has 0 fully saturated rings. The van der Waals surface area contributed by atoms with Crippen molar-refractivity contribution < 1.29 is 14.8 Å². The van der Waals surface area contributed by atoms with Crippen LogP contribution in [0.4, 0.5) is 5.69 Å². The highest BCUT2D eigenvalue weighted by atomic mass is 35.5. The number of halogens is 1. The number of nitro groups is 1. The fourth-order valence-corrected chi connectivity index (χ4v) is 1.82. The Morgan fingerprint density at radius 3 is 2.81 bits per heavy atom. The van der Waals surface area contributed by atoms with E-state index in [4.69, 9.17) is 11.6 Å². The number of carbonyl (C=O) groups excluding carboxylic acids is 1. The molecule has 1 amide bonds. The SMILES string of the molecule is O=C(NCc1ccccc1O)c1cc([N+](=O)[O-])cnc1Cl. The van der Waals surface area contributed by atoms with Crippen LogP contribution in [0.2, 0.25) is 5.15 Å². The Labute approximate surface area is 124 Å². The van der Waals surface area contributed by atoms with Gasteiger partial charge < -0.3 is 10.4 Å². The van der Waals surface area contributed by atoms with Crippen LogP contribution in [-0.4, -0.2) is 20.9 Å². The van der Waals surface area contributed by atoms with E-state index in [9.17, 15) is 20.0 Å². The molecule has 0 saturated heterocycles. The maximum atomic E-state index is 12.0. The molecule has 0 aliphatic heterocycles. The number of carbonyl (C=O) groups is 1. The normalized spacial score (nSPS) is 10.1. The smallest absolute Gasteiger partial charge is 0.288 e. The number of amides is 1. The number of benzene rings is 1. The van der Waals surface area contributed by atoms with E-state index < -0.39 is 10.8 Å². The molecule has 7 nitrogen and oxygen atoms in total. The number of nitrogens with one attached hydrogen (secondary N) is 1. The predicted molar refractivity (Wildman–Crippen MR) is 75.2 cm³/mol. The molecule has 0 unspecified atom stereocenters. The zero-order chi connectivity index (χ0) is 15.4. The van der Waals surface area contributed by atoms with Crippen LogP contribution in [0.15, 0.2) is 36.5 Å². The molecule has 1 heterocycles. The van der Waals surface area contributed by atoms with Gasteiger partial charge in [0.2, 0.25) is 0 Å². The van der Waals surface area contributed by atoms with Crippen LogP contribution >= 0.6 is 11.6 Å². The van der Waals surface area contributed by atoms with Crippen molar-refractivity contribution in [3.8, 4) is 5.75 Å². The van der Waals surface area contributed by atoms with Gasteiger partial charge in [-0.05, 0) is 6.07 Å². The molecule has 2 rings (SSSR count). The molecule has 0 radical (unpaired) electrons. The lowest BCUT2D eigenvalue weighted by molar-refractivity contribution is -0.385. The number of hydrogen-bond acceptors (Lipinski definition) is 5. The second-order valence-corrected chi connectivity index (χ2v) is 4.46. The van der Waals surface area contributed by atoms with Gasteiger partial charge in [0.15, 0.2) is 0 Å². The van der Waals surface area contributed by atoms with Crippen molar-refractivity contribution >= 4 is 23.2 Å². The van der Waals surface area contributed by atoms with Crippen molar-refractivity contribution in [2.45, 2.75) is 6.54 Å². The Morgan fingerprint density at radius 1 is 1.43 bits per heavy atom. The van der Waals surface area contributed by atoms with Gasteiger partial charge in [0.05, 0.1) is 10.5 Å². The number of pyridine rings is 1. The fraction of sp³-hybridized carbons (Fsp3) is 0.0769. The molecule has 0 spiro atoms. The van der Waals surface area contributed by atoms with E-state index >= 15 is 0 Å².